The van der Waals surface area contributed by atoms with E-state index in [4.69, 9.17) is 4.42 Å². The van der Waals surface area contributed by atoms with Gasteiger partial charge in [0.15, 0.2) is 0 Å². The van der Waals surface area contributed by atoms with Gasteiger partial charge < -0.3 is 9.73 Å². The monoisotopic (exact) mass is 459 g/mol. The van der Waals surface area contributed by atoms with Crippen molar-refractivity contribution < 1.29 is 17.6 Å². The topological polar surface area (TPSA) is 118 Å². The minimum absolute atomic E-state index is 0.135. The van der Waals surface area contributed by atoms with Crippen molar-refractivity contribution in [2.45, 2.75) is 18.7 Å². The predicted octanol–water partition coefficient (Wildman–Crippen LogP) is 1.09. The highest BCUT2D eigenvalue weighted by Crippen LogP contribution is 2.22. The second-order valence-electron chi connectivity index (χ2n) is 7.91. The molecule has 1 aliphatic rings. The van der Waals surface area contributed by atoms with Crippen LogP contribution in [0.5, 0.6) is 0 Å². The van der Waals surface area contributed by atoms with Gasteiger partial charge in [0, 0.05) is 56.4 Å². The molecule has 1 fully saturated rings. The number of aromatic nitrogens is 2. The molecule has 11 heteroatoms. The molecule has 1 N–H and O–H groups in total. The molecule has 1 aliphatic heterocycles. The molecule has 1 amide bonds. The van der Waals surface area contributed by atoms with Crippen molar-refractivity contribution in [1.82, 2.24) is 19.0 Å². The molecule has 0 unspecified atom stereocenters. The van der Waals surface area contributed by atoms with Crippen molar-refractivity contribution in [2.75, 3.05) is 38.0 Å². The van der Waals surface area contributed by atoms with Crippen LogP contribution in [0.2, 0.25) is 0 Å². The first kappa shape index (κ1) is 22.2. The summed E-state index contributed by atoms with van der Waals surface area (Å²) in [6, 6.07) is 6.61. The zero-order chi connectivity index (χ0) is 23.0. The van der Waals surface area contributed by atoms with Gasteiger partial charge in [-0.25, -0.2) is 13.2 Å². The van der Waals surface area contributed by atoms with E-state index in [1.54, 1.807) is 32.2 Å². The van der Waals surface area contributed by atoms with E-state index in [0.29, 0.717) is 43.1 Å². The number of hydrogen-bond donors (Lipinski definition) is 1. The lowest BCUT2D eigenvalue weighted by Crippen LogP contribution is -2.50. The molecule has 32 heavy (non-hydrogen) atoms. The number of anilines is 1. The highest BCUT2D eigenvalue weighted by molar-refractivity contribution is 7.89. The Morgan fingerprint density at radius 2 is 1.88 bits per heavy atom. The molecule has 1 saturated heterocycles. The number of nitrogens with zero attached hydrogens (tertiary/aromatic N) is 4. The van der Waals surface area contributed by atoms with Crippen LogP contribution in [0.25, 0.3) is 11.0 Å². The lowest BCUT2D eigenvalue weighted by molar-refractivity contribution is -0.117. The number of hydrogen-bond acceptors (Lipinski definition) is 7. The Balaban J connectivity index is 1.36. The number of amides is 1. The minimum Gasteiger partial charge on any atom is -0.423 e. The zero-order valence-electron chi connectivity index (χ0n) is 18.2. The van der Waals surface area contributed by atoms with Gasteiger partial charge in [-0.3, -0.25) is 14.4 Å². The van der Waals surface area contributed by atoms with E-state index in [2.05, 4.69) is 10.4 Å². The molecule has 0 spiro atoms. The average molecular weight is 460 g/mol. The normalized spacial score (nSPS) is 15.8. The third-order valence-electron chi connectivity index (χ3n) is 5.74. The van der Waals surface area contributed by atoms with E-state index in [1.807, 2.05) is 11.8 Å². The second-order valence-corrected chi connectivity index (χ2v) is 9.81. The number of sulfonamides is 1. The fourth-order valence-electron chi connectivity index (χ4n) is 3.81. The van der Waals surface area contributed by atoms with Crippen molar-refractivity contribution in [1.29, 1.82) is 0 Å². The smallest absolute Gasteiger partial charge is 0.336 e. The number of benzene rings is 1. The summed E-state index contributed by atoms with van der Waals surface area (Å²) in [5.74, 6) is -0.223. The maximum absolute atomic E-state index is 12.9. The predicted molar refractivity (Wildman–Crippen MR) is 119 cm³/mol. The Morgan fingerprint density at radius 1 is 1.16 bits per heavy atom. The number of piperazine rings is 1. The van der Waals surface area contributed by atoms with Crippen LogP contribution < -0.4 is 10.9 Å². The van der Waals surface area contributed by atoms with Crippen molar-refractivity contribution in [3.8, 4) is 0 Å². The molecule has 0 aliphatic carbocycles. The average Bonchev–Trinajstić information content (AvgIpc) is 3.07. The number of carbonyl (C=O) groups excluding carboxylic acids is 1. The highest BCUT2D eigenvalue weighted by atomic mass is 32.2. The Labute approximate surface area is 185 Å². The first-order chi connectivity index (χ1) is 15.1. The third-order valence-corrected chi connectivity index (χ3v) is 7.74. The molecule has 2 aromatic heterocycles. The summed E-state index contributed by atoms with van der Waals surface area (Å²) < 4.78 is 34.0. The van der Waals surface area contributed by atoms with Gasteiger partial charge in [0.1, 0.15) is 10.5 Å². The van der Waals surface area contributed by atoms with Crippen molar-refractivity contribution in [3.05, 3.63) is 52.1 Å². The molecule has 1 aromatic carbocycles. The summed E-state index contributed by atoms with van der Waals surface area (Å²) >= 11 is 0. The van der Waals surface area contributed by atoms with Gasteiger partial charge in [-0.2, -0.15) is 9.40 Å². The Kier molecular flexibility index (Phi) is 5.89. The Morgan fingerprint density at radius 3 is 2.53 bits per heavy atom. The fourth-order valence-corrected chi connectivity index (χ4v) is 5.41. The number of nitrogens with one attached hydrogen (secondary N) is 1. The number of fused-ring (bicyclic) bond motifs is 1. The van der Waals surface area contributed by atoms with Gasteiger partial charge in [0.25, 0.3) is 0 Å². The van der Waals surface area contributed by atoms with Crippen LogP contribution in [-0.4, -0.2) is 66.0 Å². The maximum Gasteiger partial charge on any atom is 0.336 e. The highest BCUT2D eigenvalue weighted by Gasteiger charge is 2.31. The summed E-state index contributed by atoms with van der Waals surface area (Å²) in [5.41, 5.74) is 1.91. The maximum atomic E-state index is 12.9. The van der Waals surface area contributed by atoms with Gasteiger partial charge in [0.2, 0.25) is 15.9 Å². The molecule has 0 radical (unpaired) electrons. The van der Waals surface area contributed by atoms with Gasteiger partial charge >= 0.3 is 5.63 Å². The fraction of sp³-hybridized carbons (Fsp3) is 0.381. The number of aryl methyl sites for hydroxylation is 2. The van der Waals surface area contributed by atoms with Gasteiger partial charge in [-0.05, 0) is 31.5 Å². The molecule has 0 saturated carbocycles. The number of rotatable bonds is 5. The zero-order valence-corrected chi connectivity index (χ0v) is 19.0. The summed E-state index contributed by atoms with van der Waals surface area (Å²) in [5, 5.41) is 7.64. The van der Waals surface area contributed by atoms with Crippen LogP contribution >= 0.6 is 0 Å². The van der Waals surface area contributed by atoms with Crippen molar-refractivity contribution >= 4 is 32.6 Å². The standard InChI is InChI=1S/C21H25N5O5S/c1-14-10-21(28)31-18-11-16(4-5-17(14)18)23-20(27)13-25-6-8-26(9-7-25)32(29,30)19-12-22-24(3)15(19)2/h4-5,10-12H,6-9,13H2,1-3H3,(H,23,27). The third kappa shape index (κ3) is 4.31. The van der Waals surface area contributed by atoms with Crippen LogP contribution in [0.3, 0.4) is 0 Å². The number of carbonyl (C=O) groups is 1. The van der Waals surface area contributed by atoms with Crippen LogP contribution in [0.15, 0.2) is 44.6 Å². The van der Waals surface area contributed by atoms with Gasteiger partial charge in [-0.1, -0.05) is 0 Å². The lowest BCUT2D eigenvalue weighted by atomic mass is 10.1. The minimum atomic E-state index is -3.61. The summed E-state index contributed by atoms with van der Waals surface area (Å²) in [7, 11) is -1.91. The van der Waals surface area contributed by atoms with Crippen LogP contribution in [0, 0.1) is 13.8 Å². The van der Waals surface area contributed by atoms with Crippen molar-refractivity contribution in [3.63, 3.8) is 0 Å². The quantitative estimate of drug-likeness (QED) is 0.568. The molecule has 4 rings (SSSR count). The van der Waals surface area contributed by atoms with E-state index >= 15 is 0 Å². The Bertz CT molecular complexity index is 1340. The first-order valence-corrected chi connectivity index (χ1v) is 11.6. The van der Waals surface area contributed by atoms with E-state index in [9.17, 15) is 18.0 Å². The summed E-state index contributed by atoms with van der Waals surface area (Å²) in [4.78, 5) is 26.2. The largest absolute Gasteiger partial charge is 0.423 e. The van der Waals surface area contributed by atoms with Gasteiger partial charge in [0.05, 0.1) is 18.4 Å². The van der Waals surface area contributed by atoms with E-state index in [-0.39, 0.29) is 17.3 Å². The van der Waals surface area contributed by atoms with Crippen LogP contribution in [0.1, 0.15) is 11.3 Å². The SMILES string of the molecule is Cc1cc(=O)oc2cc(NC(=O)CN3CCN(S(=O)(=O)c4cnn(C)c4C)CC3)ccc12. The first-order valence-electron chi connectivity index (χ1n) is 10.2. The molecule has 0 bridgehead atoms. The molecular weight excluding hydrogens is 434 g/mol. The second kappa shape index (κ2) is 8.49. The molecule has 3 heterocycles. The lowest BCUT2D eigenvalue weighted by Gasteiger charge is -2.33. The van der Waals surface area contributed by atoms with Crippen LogP contribution in [-0.2, 0) is 21.9 Å². The molecule has 0 atom stereocenters. The van der Waals surface area contributed by atoms with E-state index in [0.717, 1.165) is 10.9 Å². The molecule has 3 aromatic rings. The van der Waals surface area contributed by atoms with E-state index in [1.165, 1.54) is 21.3 Å². The van der Waals surface area contributed by atoms with E-state index < -0.39 is 15.6 Å². The molecule has 10 nitrogen and oxygen atoms in total. The molecule has 170 valence electrons. The molecular formula is C21H25N5O5S. The summed E-state index contributed by atoms with van der Waals surface area (Å²) in [6.07, 6.45) is 1.37. The Hall–Kier alpha value is -3.02. The van der Waals surface area contributed by atoms with Crippen molar-refractivity contribution in [2.24, 2.45) is 7.05 Å². The summed E-state index contributed by atoms with van der Waals surface area (Å²) in [6.45, 7) is 5.16. The van der Waals surface area contributed by atoms with Crippen LogP contribution in [0.4, 0.5) is 5.69 Å². The van der Waals surface area contributed by atoms with Gasteiger partial charge in [-0.15, -0.1) is 0 Å².